The molecule has 2 aromatic carbocycles. The van der Waals surface area contributed by atoms with Crippen molar-refractivity contribution in [3.63, 3.8) is 0 Å². The molecule has 1 atom stereocenters. The van der Waals surface area contributed by atoms with E-state index in [-0.39, 0.29) is 19.0 Å². The molecule has 3 aromatic heterocycles. The van der Waals surface area contributed by atoms with E-state index in [1.807, 2.05) is 13.0 Å². The summed E-state index contributed by atoms with van der Waals surface area (Å²) in [6.45, 7) is 14.9. The Hall–Kier alpha value is -5.20. The number of allylic oxidation sites excluding steroid dienone is 2. The highest BCUT2D eigenvalue weighted by molar-refractivity contribution is 7.99. The minimum atomic E-state index is -0.932. The Morgan fingerprint density at radius 2 is 1.84 bits per heavy atom. The van der Waals surface area contributed by atoms with Crippen LogP contribution in [0.3, 0.4) is 0 Å². The summed E-state index contributed by atoms with van der Waals surface area (Å²) < 4.78 is 43.6. The number of pyridine rings is 1. The summed E-state index contributed by atoms with van der Waals surface area (Å²) in [5.41, 5.74) is 2.97. The number of imidazole rings is 1. The Balaban J connectivity index is 1.35. The molecule has 1 unspecified atom stereocenters. The van der Waals surface area contributed by atoms with Gasteiger partial charge in [-0.3, -0.25) is 4.79 Å². The molecule has 0 radical (unpaired) electrons. The largest absolute Gasteiger partial charge is 0.443 e. The number of benzene rings is 2. The van der Waals surface area contributed by atoms with Crippen molar-refractivity contribution >= 4 is 28.9 Å². The summed E-state index contributed by atoms with van der Waals surface area (Å²) in [7, 11) is 0. The van der Waals surface area contributed by atoms with Crippen molar-refractivity contribution < 1.29 is 23.0 Å². The molecule has 0 spiro atoms. The smallest absolute Gasteiger partial charge is 0.420 e. The van der Waals surface area contributed by atoms with E-state index < -0.39 is 29.2 Å². The van der Waals surface area contributed by atoms with E-state index in [0.717, 1.165) is 5.57 Å². The van der Waals surface area contributed by atoms with Crippen molar-refractivity contribution in [1.82, 2.24) is 24.1 Å². The Kier molecular flexibility index (Phi) is 11.8. The lowest BCUT2D eigenvalue weighted by Gasteiger charge is -2.19. The minimum Gasteiger partial charge on any atom is -0.443 e. The molecule has 3 heterocycles. The fraction of sp³-hybridized carbons (Fsp3) is 0.256. The summed E-state index contributed by atoms with van der Waals surface area (Å²) in [6, 6.07) is 14.6. The normalized spacial score (nSPS) is 12.5. The van der Waals surface area contributed by atoms with Crippen molar-refractivity contribution in [2.24, 2.45) is 0 Å². The molecule has 0 saturated heterocycles. The van der Waals surface area contributed by atoms with Gasteiger partial charge in [-0.2, -0.15) is 0 Å². The number of fused-ring (bicyclic) bond motifs is 1. The molecule has 0 N–H and O–H groups in total. The number of rotatable bonds is 13. The third-order valence-electron chi connectivity index (χ3n) is 7.65. The molecule has 0 aliphatic heterocycles. The molecule has 5 rings (SSSR count). The number of hydrogen-bond acceptors (Lipinski definition) is 8. The first-order valence-electron chi connectivity index (χ1n) is 16.2. The van der Waals surface area contributed by atoms with Gasteiger partial charge in [0.2, 0.25) is 0 Å². The first-order valence-corrected chi connectivity index (χ1v) is 17.2. The van der Waals surface area contributed by atoms with Crippen LogP contribution in [0.1, 0.15) is 44.0 Å². The molecule has 0 bridgehead atoms. The molecule has 9 nitrogen and oxygen atoms in total. The van der Waals surface area contributed by atoms with Crippen molar-refractivity contribution in [3.8, 4) is 11.3 Å². The molecule has 51 heavy (non-hydrogen) atoms. The molecule has 264 valence electrons. The number of nitrogens with zero attached hydrogens (tertiary/aromatic N) is 5. The van der Waals surface area contributed by atoms with E-state index in [1.54, 1.807) is 81.6 Å². The number of aryl methyl sites for hydroxylation is 1. The van der Waals surface area contributed by atoms with E-state index in [1.165, 1.54) is 39.4 Å². The molecular weight excluding hydrogens is 673 g/mol. The Bertz CT molecular complexity index is 2170. The van der Waals surface area contributed by atoms with Crippen LogP contribution in [0.15, 0.2) is 114 Å². The Labute approximate surface area is 299 Å². The fourth-order valence-corrected chi connectivity index (χ4v) is 6.15. The molecule has 5 aromatic rings. The van der Waals surface area contributed by atoms with Gasteiger partial charge in [0.25, 0.3) is 5.56 Å². The van der Waals surface area contributed by atoms with Crippen LogP contribution in [-0.4, -0.2) is 47.6 Å². The van der Waals surface area contributed by atoms with Gasteiger partial charge in [-0.05, 0) is 75.6 Å². The third-order valence-corrected chi connectivity index (χ3v) is 8.53. The van der Waals surface area contributed by atoms with E-state index in [2.05, 4.69) is 28.1 Å². The van der Waals surface area contributed by atoms with Crippen molar-refractivity contribution in [2.75, 3.05) is 5.75 Å². The van der Waals surface area contributed by atoms with Crippen LogP contribution in [0.5, 0.6) is 0 Å². The number of aromatic nitrogens is 5. The van der Waals surface area contributed by atoms with Crippen LogP contribution < -0.4 is 5.56 Å². The predicted octanol–water partition coefficient (Wildman–Crippen LogP) is 8.44. The summed E-state index contributed by atoms with van der Waals surface area (Å²) in [4.78, 5) is 39.2. The Morgan fingerprint density at radius 1 is 1.06 bits per heavy atom. The van der Waals surface area contributed by atoms with Gasteiger partial charge < -0.3 is 14.0 Å². The molecule has 12 heteroatoms. The summed E-state index contributed by atoms with van der Waals surface area (Å²) in [6.07, 6.45) is 7.65. The molecular formula is C39H39F2N5O4S. The zero-order chi connectivity index (χ0) is 36.7. The summed E-state index contributed by atoms with van der Waals surface area (Å²) in [5, 5.41) is 0.463. The molecule has 0 fully saturated rings. The molecule has 0 aliphatic carbocycles. The van der Waals surface area contributed by atoms with Crippen LogP contribution in [0.4, 0.5) is 13.6 Å². The molecule has 0 aliphatic rings. The summed E-state index contributed by atoms with van der Waals surface area (Å²) in [5.74, 6) is -0.726. The highest BCUT2D eigenvalue weighted by atomic mass is 32.2. The lowest BCUT2D eigenvalue weighted by atomic mass is 10.1. The minimum absolute atomic E-state index is 0.0306. The van der Waals surface area contributed by atoms with Crippen molar-refractivity contribution in [1.29, 1.82) is 0 Å². The highest BCUT2D eigenvalue weighted by Crippen LogP contribution is 2.26. The van der Waals surface area contributed by atoms with Gasteiger partial charge >= 0.3 is 6.09 Å². The van der Waals surface area contributed by atoms with Gasteiger partial charge in [-0.1, -0.05) is 67.4 Å². The van der Waals surface area contributed by atoms with E-state index >= 15 is 4.39 Å². The van der Waals surface area contributed by atoms with Gasteiger partial charge in [0.1, 0.15) is 17.7 Å². The van der Waals surface area contributed by atoms with E-state index in [0.29, 0.717) is 56.4 Å². The highest BCUT2D eigenvalue weighted by Gasteiger charge is 2.20. The standard InChI is InChI=1S/C39H39F2N5O4S/c1-7-11-27(8-2)35(49-23-28-12-9-10-13-30(28)40)16-17-51-37-43-25(3)18-33(44-37)29-20-31(41)36(47)45(22-29)21-26-14-15-32-34(19-26)46(24-42-32)38(48)50-39(4,5)6/h7-15,18-20,22,24,35H,1-2,16-17,21,23H2,3-6H3/b27-11+. The lowest BCUT2D eigenvalue weighted by Crippen LogP contribution is -2.26. The SMILES string of the molecule is C=C/C=C(\C=C)C(CCSc1nc(C)cc(-c2cc(F)c(=O)n(Cc3ccc4ncn(C(=O)OC(C)(C)C)c4c3)c2)n1)OCc1ccccc1F. The average molecular weight is 712 g/mol. The fourth-order valence-electron chi connectivity index (χ4n) is 5.27. The second-order valence-corrected chi connectivity index (χ2v) is 13.8. The first-order chi connectivity index (χ1) is 24.3. The Morgan fingerprint density at radius 3 is 2.57 bits per heavy atom. The second kappa shape index (κ2) is 16.2. The number of ether oxygens (including phenoxy) is 2. The third kappa shape index (κ3) is 9.53. The maximum absolute atomic E-state index is 15.1. The quantitative estimate of drug-likeness (QED) is 0.0682. The van der Waals surface area contributed by atoms with Gasteiger partial charge in [0.15, 0.2) is 11.0 Å². The second-order valence-electron chi connectivity index (χ2n) is 12.7. The van der Waals surface area contributed by atoms with Crippen LogP contribution in [0.25, 0.3) is 22.3 Å². The predicted molar refractivity (Wildman–Crippen MR) is 196 cm³/mol. The number of carbonyl (C=O) groups is 1. The van der Waals surface area contributed by atoms with Crippen LogP contribution in [0, 0.1) is 18.6 Å². The van der Waals surface area contributed by atoms with Gasteiger partial charge in [0.05, 0.1) is 36.0 Å². The maximum atomic E-state index is 15.1. The zero-order valence-corrected chi connectivity index (χ0v) is 29.8. The van der Waals surface area contributed by atoms with Gasteiger partial charge in [-0.15, -0.1) is 0 Å². The van der Waals surface area contributed by atoms with Crippen LogP contribution >= 0.6 is 11.8 Å². The average Bonchev–Trinajstić information content (AvgIpc) is 3.50. The van der Waals surface area contributed by atoms with Crippen molar-refractivity contribution in [2.45, 2.75) is 64.1 Å². The number of thioether (sulfide) groups is 1. The zero-order valence-electron chi connectivity index (χ0n) is 28.9. The van der Waals surface area contributed by atoms with Crippen LogP contribution in [0.2, 0.25) is 0 Å². The van der Waals surface area contributed by atoms with Gasteiger partial charge in [-0.25, -0.2) is 33.1 Å². The number of hydrogen-bond donors (Lipinski definition) is 0. The first kappa shape index (κ1) is 37.1. The topological polar surface area (TPSA) is 101 Å². The monoisotopic (exact) mass is 711 g/mol. The van der Waals surface area contributed by atoms with Gasteiger partial charge in [0, 0.05) is 28.8 Å². The van der Waals surface area contributed by atoms with E-state index in [4.69, 9.17) is 9.47 Å². The summed E-state index contributed by atoms with van der Waals surface area (Å²) >= 11 is 1.39. The van der Waals surface area contributed by atoms with Crippen molar-refractivity contribution in [3.05, 3.63) is 143 Å². The maximum Gasteiger partial charge on any atom is 0.420 e. The lowest BCUT2D eigenvalue weighted by molar-refractivity contribution is 0.0543. The number of carbonyl (C=O) groups excluding carboxylic acids is 1. The molecule has 0 amide bonds. The van der Waals surface area contributed by atoms with Crippen LogP contribution in [-0.2, 0) is 22.6 Å². The van der Waals surface area contributed by atoms with E-state index in [9.17, 15) is 14.0 Å². The number of halogens is 2. The molecule has 0 saturated carbocycles.